The molecule has 3 heteroatoms. The third kappa shape index (κ3) is 5.19. The highest BCUT2D eigenvalue weighted by Crippen LogP contribution is 2.14. The Bertz CT molecular complexity index is 191. The highest BCUT2D eigenvalue weighted by Gasteiger charge is 2.21. The Morgan fingerprint density at radius 2 is 1.76 bits per heavy atom. The Labute approximate surface area is 113 Å². The summed E-state index contributed by atoms with van der Waals surface area (Å²) in [7, 11) is 0. The SMILES string of the molecule is CCCC(CS)CN1CCN(C(C)CC)CC1. The van der Waals surface area contributed by atoms with Crippen LogP contribution < -0.4 is 0 Å². The Hall–Kier alpha value is 0.270. The summed E-state index contributed by atoms with van der Waals surface area (Å²) in [5.74, 6) is 1.83. The maximum atomic E-state index is 4.48. The molecule has 1 rings (SSSR count). The molecule has 0 aromatic heterocycles. The molecule has 2 atom stereocenters. The molecule has 17 heavy (non-hydrogen) atoms. The van der Waals surface area contributed by atoms with Crippen LogP contribution >= 0.6 is 12.6 Å². The van der Waals surface area contributed by atoms with E-state index in [9.17, 15) is 0 Å². The van der Waals surface area contributed by atoms with Crippen LogP contribution in [-0.4, -0.2) is 54.3 Å². The summed E-state index contributed by atoms with van der Waals surface area (Å²) in [6, 6.07) is 0.758. The van der Waals surface area contributed by atoms with Gasteiger partial charge in [-0.25, -0.2) is 0 Å². The van der Waals surface area contributed by atoms with Crippen LogP contribution in [-0.2, 0) is 0 Å². The van der Waals surface area contributed by atoms with E-state index < -0.39 is 0 Å². The first kappa shape index (κ1) is 15.3. The zero-order valence-corrected chi connectivity index (χ0v) is 12.8. The van der Waals surface area contributed by atoms with E-state index in [4.69, 9.17) is 0 Å². The number of rotatable bonds is 7. The highest BCUT2D eigenvalue weighted by molar-refractivity contribution is 7.80. The van der Waals surface area contributed by atoms with Crippen LogP contribution in [0, 0.1) is 5.92 Å². The summed E-state index contributed by atoms with van der Waals surface area (Å²) < 4.78 is 0. The number of nitrogens with zero attached hydrogens (tertiary/aromatic N) is 2. The minimum atomic E-state index is 0.758. The predicted octanol–water partition coefficient (Wildman–Crippen LogP) is 2.75. The average Bonchev–Trinajstić information content (AvgIpc) is 2.38. The van der Waals surface area contributed by atoms with Crippen molar-refractivity contribution in [3.8, 4) is 0 Å². The average molecular weight is 258 g/mol. The minimum Gasteiger partial charge on any atom is -0.300 e. The number of thiol groups is 1. The minimum absolute atomic E-state index is 0.758. The van der Waals surface area contributed by atoms with Gasteiger partial charge in [0.2, 0.25) is 0 Å². The van der Waals surface area contributed by atoms with Crippen LogP contribution in [0.1, 0.15) is 40.0 Å². The van der Waals surface area contributed by atoms with Gasteiger partial charge in [0.25, 0.3) is 0 Å². The second kappa shape index (κ2) is 8.39. The van der Waals surface area contributed by atoms with E-state index >= 15 is 0 Å². The van der Waals surface area contributed by atoms with E-state index in [1.54, 1.807) is 0 Å². The summed E-state index contributed by atoms with van der Waals surface area (Å²) >= 11 is 4.48. The van der Waals surface area contributed by atoms with Crippen LogP contribution in [0.2, 0.25) is 0 Å². The third-order valence-corrected chi connectivity index (χ3v) is 4.61. The van der Waals surface area contributed by atoms with Crippen molar-refractivity contribution >= 4 is 12.6 Å². The van der Waals surface area contributed by atoms with E-state index in [-0.39, 0.29) is 0 Å². The molecule has 2 unspecified atom stereocenters. The number of piperazine rings is 1. The predicted molar refractivity (Wildman–Crippen MR) is 80.0 cm³/mol. The lowest BCUT2D eigenvalue weighted by Gasteiger charge is -2.39. The van der Waals surface area contributed by atoms with Gasteiger partial charge in [0.15, 0.2) is 0 Å². The molecule has 0 aliphatic carbocycles. The molecule has 1 aliphatic rings. The van der Waals surface area contributed by atoms with E-state index in [0.29, 0.717) is 0 Å². The van der Waals surface area contributed by atoms with Crippen molar-refractivity contribution in [2.24, 2.45) is 5.92 Å². The summed E-state index contributed by atoms with van der Waals surface area (Å²) in [6.45, 7) is 13.2. The fourth-order valence-corrected chi connectivity index (χ4v) is 2.96. The molecule has 1 heterocycles. The van der Waals surface area contributed by atoms with Crippen molar-refractivity contribution in [3.63, 3.8) is 0 Å². The van der Waals surface area contributed by atoms with Crippen LogP contribution in [0.4, 0.5) is 0 Å². The van der Waals surface area contributed by atoms with Crippen LogP contribution in [0.3, 0.4) is 0 Å². The molecular formula is C14H30N2S. The molecule has 0 saturated carbocycles. The van der Waals surface area contributed by atoms with E-state index in [1.165, 1.54) is 52.0 Å². The summed E-state index contributed by atoms with van der Waals surface area (Å²) in [5.41, 5.74) is 0. The van der Waals surface area contributed by atoms with E-state index in [0.717, 1.165) is 17.7 Å². The molecule has 1 fully saturated rings. The highest BCUT2D eigenvalue weighted by atomic mass is 32.1. The lowest BCUT2D eigenvalue weighted by molar-refractivity contribution is 0.0912. The second-order valence-electron chi connectivity index (χ2n) is 5.43. The second-order valence-corrected chi connectivity index (χ2v) is 5.80. The van der Waals surface area contributed by atoms with Crippen LogP contribution in [0.25, 0.3) is 0 Å². The Kier molecular flexibility index (Phi) is 7.56. The lowest BCUT2D eigenvalue weighted by Crippen LogP contribution is -2.50. The fourth-order valence-electron chi connectivity index (χ4n) is 2.66. The Morgan fingerprint density at radius 3 is 2.24 bits per heavy atom. The maximum Gasteiger partial charge on any atom is 0.0113 e. The van der Waals surface area contributed by atoms with Gasteiger partial charge in [0, 0.05) is 38.8 Å². The van der Waals surface area contributed by atoms with Gasteiger partial charge in [0.1, 0.15) is 0 Å². The number of hydrogen-bond acceptors (Lipinski definition) is 3. The van der Waals surface area contributed by atoms with E-state index in [1.807, 2.05) is 0 Å². The first-order valence-corrected chi connectivity index (χ1v) is 7.91. The summed E-state index contributed by atoms with van der Waals surface area (Å²) in [5, 5.41) is 0. The fraction of sp³-hybridized carbons (Fsp3) is 1.00. The maximum absolute atomic E-state index is 4.48. The molecule has 0 aromatic rings. The van der Waals surface area contributed by atoms with Crippen molar-refractivity contribution in [2.45, 2.75) is 46.1 Å². The molecule has 0 N–H and O–H groups in total. The normalized spacial score (nSPS) is 22.6. The molecule has 0 radical (unpaired) electrons. The van der Waals surface area contributed by atoms with E-state index in [2.05, 4.69) is 43.2 Å². The lowest BCUT2D eigenvalue weighted by atomic mass is 10.0. The smallest absolute Gasteiger partial charge is 0.0113 e. The van der Waals surface area contributed by atoms with Crippen LogP contribution in [0.15, 0.2) is 0 Å². The monoisotopic (exact) mass is 258 g/mol. The zero-order valence-electron chi connectivity index (χ0n) is 11.9. The van der Waals surface area contributed by atoms with Crippen molar-refractivity contribution in [1.29, 1.82) is 0 Å². The van der Waals surface area contributed by atoms with Gasteiger partial charge < -0.3 is 4.90 Å². The van der Waals surface area contributed by atoms with Gasteiger partial charge >= 0.3 is 0 Å². The van der Waals surface area contributed by atoms with Gasteiger partial charge in [-0.15, -0.1) is 0 Å². The molecule has 1 saturated heterocycles. The molecule has 102 valence electrons. The molecule has 1 aliphatic heterocycles. The molecule has 0 bridgehead atoms. The zero-order chi connectivity index (χ0) is 12.7. The number of hydrogen-bond donors (Lipinski definition) is 1. The Morgan fingerprint density at radius 1 is 1.12 bits per heavy atom. The largest absolute Gasteiger partial charge is 0.300 e. The first-order chi connectivity index (χ1) is 8.21. The topological polar surface area (TPSA) is 6.48 Å². The van der Waals surface area contributed by atoms with Crippen LogP contribution in [0.5, 0.6) is 0 Å². The van der Waals surface area contributed by atoms with Crippen molar-refractivity contribution in [1.82, 2.24) is 9.80 Å². The molecule has 2 nitrogen and oxygen atoms in total. The van der Waals surface area contributed by atoms with Gasteiger partial charge in [-0.2, -0.15) is 12.6 Å². The van der Waals surface area contributed by atoms with Gasteiger partial charge in [0.05, 0.1) is 0 Å². The van der Waals surface area contributed by atoms with Crippen molar-refractivity contribution < 1.29 is 0 Å². The quantitative estimate of drug-likeness (QED) is 0.702. The molecular weight excluding hydrogens is 228 g/mol. The van der Waals surface area contributed by atoms with Crippen molar-refractivity contribution in [2.75, 3.05) is 38.5 Å². The Balaban J connectivity index is 2.26. The van der Waals surface area contributed by atoms with Crippen molar-refractivity contribution in [3.05, 3.63) is 0 Å². The van der Waals surface area contributed by atoms with Gasteiger partial charge in [-0.1, -0.05) is 20.3 Å². The standard InChI is InChI=1S/C14H30N2S/c1-4-6-14(12-17)11-15-7-9-16(10-8-15)13(3)5-2/h13-14,17H,4-12H2,1-3H3. The summed E-state index contributed by atoms with van der Waals surface area (Å²) in [6.07, 6.45) is 3.89. The third-order valence-electron chi connectivity index (χ3n) is 4.09. The molecule has 0 amide bonds. The molecule has 0 aromatic carbocycles. The summed E-state index contributed by atoms with van der Waals surface area (Å²) in [4.78, 5) is 5.27. The first-order valence-electron chi connectivity index (χ1n) is 7.28. The van der Waals surface area contributed by atoms with Gasteiger partial charge in [-0.3, -0.25) is 4.90 Å². The van der Waals surface area contributed by atoms with Gasteiger partial charge in [-0.05, 0) is 31.4 Å². The molecule has 0 spiro atoms.